The first-order valence-electron chi connectivity index (χ1n) is 9.79. The summed E-state index contributed by atoms with van der Waals surface area (Å²) < 4.78 is 7.25. The average molecular weight is 486 g/mol. The van der Waals surface area contributed by atoms with E-state index in [9.17, 15) is 0 Å². The Bertz CT molecular complexity index is 623. The van der Waals surface area contributed by atoms with Gasteiger partial charge >= 0.3 is 0 Å². The van der Waals surface area contributed by atoms with Crippen LogP contribution in [-0.2, 0) is 13.0 Å². The maximum atomic E-state index is 5.39. The highest BCUT2D eigenvalue weighted by atomic mass is 127. The molecule has 2 aromatic heterocycles. The monoisotopic (exact) mass is 486 g/mol. The summed E-state index contributed by atoms with van der Waals surface area (Å²) in [5, 5.41) is 14.7. The van der Waals surface area contributed by atoms with Crippen molar-refractivity contribution in [3.63, 3.8) is 0 Å². The van der Waals surface area contributed by atoms with Crippen molar-refractivity contribution in [1.29, 1.82) is 0 Å². The smallest absolute Gasteiger partial charge is 0.191 e. The van der Waals surface area contributed by atoms with Gasteiger partial charge in [0.25, 0.3) is 0 Å². The third kappa shape index (κ3) is 8.32. The molecule has 1 aliphatic carbocycles. The minimum Gasteiger partial charge on any atom is -0.469 e. The van der Waals surface area contributed by atoms with Crippen molar-refractivity contribution in [3.05, 3.63) is 36.5 Å². The van der Waals surface area contributed by atoms with Gasteiger partial charge in [0, 0.05) is 38.8 Å². The molecule has 3 rings (SSSR count). The second-order valence-corrected chi connectivity index (χ2v) is 6.90. The van der Waals surface area contributed by atoms with Crippen LogP contribution in [0.2, 0.25) is 0 Å². The van der Waals surface area contributed by atoms with Gasteiger partial charge in [0.2, 0.25) is 0 Å². The second kappa shape index (κ2) is 12.7. The predicted octanol–water partition coefficient (Wildman–Crippen LogP) is 3.24. The lowest BCUT2D eigenvalue weighted by Crippen LogP contribution is -2.39. The number of nitrogens with one attached hydrogen (secondary N) is 2. The maximum Gasteiger partial charge on any atom is 0.191 e. The van der Waals surface area contributed by atoms with Crippen LogP contribution in [0.25, 0.3) is 0 Å². The molecular weight excluding hydrogens is 455 g/mol. The van der Waals surface area contributed by atoms with Crippen molar-refractivity contribution >= 4 is 29.9 Å². The zero-order chi connectivity index (χ0) is 17.9. The van der Waals surface area contributed by atoms with E-state index >= 15 is 0 Å². The number of nitrogens with zero attached hydrogens (tertiary/aromatic N) is 4. The number of aliphatic imine (C=N–C) groups is 1. The Balaban J connectivity index is 0.00000261. The van der Waals surface area contributed by atoms with Crippen molar-refractivity contribution in [2.45, 2.75) is 51.5 Å². The number of halogens is 1. The van der Waals surface area contributed by atoms with Gasteiger partial charge in [0.15, 0.2) is 5.96 Å². The Morgan fingerprint density at radius 2 is 2.07 bits per heavy atom. The molecule has 0 bridgehead atoms. The van der Waals surface area contributed by atoms with Crippen molar-refractivity contribution in [2.75, 3.05) is 19.6 Å². The number of furan rings is 1. The molecule has 8 heteroatoms. The second-order valence-electron chi connectivity index (χ2n) is 6.90. The van der Waals surface area contributed by atoms with Crippen LogP contribution in [0.4, 0.5) is 0 Å². The van der Waals surface area contributed by atoms with E-state index in [0.29, 0.717) is 0 Å². The van der Waals surface area contributed by atoms with E-state index in [4.69, 9.17) is 9.41 Å². The Morgan fingerprint density at radius 3 is 2.81 bits per heavy atom. The van der Waals surface area contributed by atoms with Gasteiger partial charge in [0.1, 0.15) is 5.76 Å². The normalized spacial score (nSPS) is 15.3. The molecule has 0 aromatic carbocycles. The van der Waals surface area contributed by atoms with Gasteiger partial charge in [-0.3, -0.25) is 9.67 Å². The van der Waals surface area contributed by atoms with E-state index in [-0.39, 0.29) is 24.0 Å². The van der Waals surface area contributed by atoms with Crippen molar-refractivity contribution in [3.8, 4) is 0 Å². The Hall–Kier alpha value is -1.58. The average Bonchev–Trinajstić information content (AvgIpc) is 3.37. The molecule has 2 aromatic rings. The number of guanidine groups is 1. The van der Waals surface area contributed by atoms with Gasteiger partial charge in [-0.2, -0.15) is 0 Å². The summed E-state index contributed by atoms with van der Waals surface area (Å²) in [4.78, 5) is 4.83. The van der Waals surface area contributed by atoms with Gasteiger partial charge < -0.3 is 15.1 Å². The summed E-state index contributed by atoms with van der Waals surface area (Å²) in [6.07, 6.45) is 13.9. The highest BCUT2D eigenvalue weighted by Gasteiger charge is 2.13. The van der Waals surface area contributed by atoms with Gasteiger partial charge in [-0.25, -0.2) is 0 Å². The molecule has 0 spiro atoms. The molecule has 2 heterocycles. The number of hydrogen-bond acceptors (Lipinski definition) is 4. The summed E-state index contributed by atoms with van der Waals surface area (Å²) in [6.45, 7) is 3.44. The first-order chi connectivity index (χ1) is 12.9. The van der Waals surface area contributed by atoms with E-state index in [1.807, 2.05) is 23.0 Å². The third-order valence-corrected chi connectivity index (χ3v) is 4.80. The highest BCUT2D eigenvalue weighted by Crippen LogP contribution is 2.23. The SMILES string of the molecule is I.c1coc(CCNC(=NCC2CCCCC2)NCCCn2ccnn2)c1. The van der Waals surface area contributed by atoms with E-state index in [1.54, 1.807) is 12.5 Å². The van der Waals surface area contributed by atoms with Crippen LogP contribution in [0.15, 0.2) is 40.2 Å². The van der Waals surface area contributed by atoms with Crippen LogP contribution >= 0.6 is 24.0 Å². The Morgan fingerprint density at radius 1 is 1.22 bits per heavy atom. The summed E-state index contributed by atoms with van der Waals surface area (Å²) in [5.41, 5.74) is 0. The highest BCUT2D eigenvalue weighted by molar-refractivity contribution is 14.0. The minimum absolute atomic E-state index is 0. The molecule has 0 amide bonds. The summed E-state index contributed by atoms with van der Waals surface area (Å²) in [7, 11) is 0. The number of rotatable bonds is 9. The molecule has 0 unspecified atom stereocenters. The van der Waals surface area contributed by atoms with Crippen LogP contribution in [0, 0.1) is 5.92 Å². The zero-order valence-electron chi connectivity index (χ0n) is 15.8. The van der Waals surface area contributed by atoms with Gasteiger partial charge in [-0.1, -0.05) is 24.5 Å². The van der Waals surface area contributed by atoms with Gasteiger partial charge in [0.05, 0.1) is 12.5 Å². The molecule has 0 saturated heterocycles. The molecule has 0 atom stereocenters. The fourth-order valence-electron chi connectivity index (χ4n) is 3.32. The molecule has 27 heavy (non-hydrogen) atoms. The number of aromatic nitrogens is 3. The van der Waals surface area contributed by atoms with Gasteiger partial charge in [-0.05, 0) is 37.3 Å². The predicted molar refractivity (Wildman–Crippen MR) is 117 cm³/mol. The number of hydrogen-bond donors (Lipinski definition) is 2. The summed E-state index contributed by atoms with van der Waals surface area (Å²) in [6, 6.07) is 3.93. The van der Waals surface area contributed by atoms with E-state index in [0.717, 1.165) is 56.7 Å². The van der Waals surface area contributed by atoms with Crippen LogP contribution in [0.1, 0.15) is 44.3 Å². The lowest BCUT2D eigenvalue weighted by Gasteiger charge is -2.20. The maximum absolute atomic E-state index is 5.39. The fraction of sp³-hybridized carbons (Fsp3) is 0.632. The van der Waals surface area contributed by atoms with Gasteiger partial charge in [-0.15, -0.1) is 29.1 Å². The van der Waals surface area contributed by atoms with Crippen LogP contribution in [0.5, 0.6) is 0 Å². The molecular formula is C19H31IN6O. The molecule has 2 N–H and O–H groups in total. The van der Waals surface area contributed by atoms with Crippen LogP contribution < -0.4 is 10.6 Å². The van der Waals surface area contributed by atoms with E-state index < -0.39 is 0 Å². The Kier molecular flexibility index (Phi) is 10.3. The molecule has 1 saturated carbocycles. The zero-order valence-corrected chi connectivity index (χ0v) is 18.2. The quantitative estimate of drug-likeness (QED) is 0.246. The van der Waals surface area contributed by atoms with Crippen LogP contribution in [-0.4, -0.2) is 40.6 Å². The summed E-state index contributed by atoms with van der Waals surface area (Å²) >= 11 is 0. The van der Waals surface area contributed by atoms with Crippen molar-refractivity contribution < 1.29 is 4.42 Å². The number of aryl methyl sites for hydroxylation is 1. The molecule has 0 aliphatic heterocycles. The summed E-state index contributed by atoms with van der Waals surface area (Å²) in [5.74, 6) is 2.64. The minimum atomic E-state index is 0. The lowest BCUT2D eigenvalue weighted by atomic mass is 9.89. The van der Waals surface area contributed by atoms with Crippen molar-refractivity contribution in [2.24, 2.45) is 10.9 Å². The molecule has 1 fully saturated rings. The van der Waals surface area contributed by atoms with E-state index in [1.165, 1.54) is 32.1 Å². The molecule has 1 aliphatic rings. The molecule has 7 nitrogen and oxygen atoms in total. The van der Waals surface area contributed by atoms with Crippen LogP contribution in [0.3, 0.4) is 0 Å². The largest absolute Gasteiger partial charge is 0.469 e. The fourth-order valence-corrected chi connectivity index (χ4v) is 3.32. The standard InChI is InChI=1S/C19H30N6O.HI/c1-2-6-17(7-3-1)16-22-19(21-11-9-18-8-4-15-26-18)20-10-5-13-25-14-12-23-24-25;/h4,8,12,14-15,17H,1-3,5-7,9-11,13,16H2,(H2,20,21,22);1H. The third-order valence-electron chi connectivity index (χ3n) is 4.80. The van der Waals surface area contributed by atoms with Crippen molar-refractivity contribution in [1.82, 2.24) is 25.6 Å². The van der Waals surface area contributed by atoms with E-state index in [2.05, 4.69) is 20.9 Å². The first kappa shape index (κ1) is 21.7. The first-order valence-corrected chi connectivity index (χ1v) is 9.79. The molecule has 150 valence electrons. The lowest BCUT2D eigenvalue weighted by molar-refractivity contribution is 0.366. The molecule has 0 radical (unpaired) electrons. The Labute approximate surface area is 178 Å². The topological polar surface area (TPSA) is 80.3 Å².